The smallest absolute Gasteiger partial charge is 0.239 e. The van der Waals surface area contributed by atoms with Crippen LogP contribution in [0.3, 0.4) is 0 Å². The van der Waals surface area contributed by atoms with Crippen molar-refractivity contribution in [2.24, 2.45) is 4.99 Å². The molecule has 0 radical (unpaired) electrons. The zero-order valence-corrected chi connectivity index (χ0v) is 16.6. The molecule has 0 aliphatic carbocycles. The minimum absolute atomic E-state index is 0.0588. The molecule has 2 rings (SSSR count). The van der Waals surface area contributed by atoms with Crippen molar-refractivity contribution in [3.8, 4) is 0 Å². The Morgan fingerprint density at radius 2 is 2.08 bits per heavy atom. The number of rotatable bonds is 7. The van der Waals surface area contributed by atoms with E-state index in [0.717, 1.165) is 51.4 Å². The summed E-state index contributed by atoms with van der Waals surface area (Å²) in [4.78, 5) is 20.5. The van der Waals surface area contributed by atoms with Crippen molar-refractivity contribution >= 4 is 11.9 Å². The van der Waals surface area contributed by atoms with Crippen LogP contribution in [-0.2, 0) is 11.3 Å². The van der Waals surface area contributed by atoms with Gasteiger partial charge in [-0.05, 0) is 43.9 Å². The number of amides is 1. The Bertz CT molecular complexity index is 614. The van der Waals surface area contributed by atoms with Crippen LogP contribution in [0, 0.1) is 6.92 Å². The van der Waals surface area contributed by atoms with Gasteiger partial charge < -0.3 is 15.5 Å². The van der Waals surface area contributed by atoms with Gasteiger partial charge in [-0.3, -0.25) is 14.7 Å². The zero-order valence-electron chi connectivity index (χ0n) is 16.6. The largest absolute Gasteiger partial charge is 0.356 e. The van der Waals surface area contributed by atoms with Gasteiger partial charge in [0.05, 0.1) is 6.04 Å². The Morgan fingerprint density at radius 3 is 2.77 bits per heavy atom. The van der Waals surface area contributed by atoms with Crippen molar-refractivity contribution in [3.05, 3.63) is 35.4 Å². The van der Waals surface area contributed by atoms with Crippen molar-refractivity contribution in [3.63, 3.8) is 0 Å². The molecule has 0 saturated carbocycles. The van der Waals surface area contributed by atoms with Gasteiger partial charge in [0.2, 0.25) is 5.91 Å². The first-order valence-corrected chi connectivity index (χ1v) is 9.47. The molecule has 1 aromatic rings. The van der Waals surface area contributed by atoms with Gasteiger partial charge in [0.25, 0.3) is 0 Å². The molecule has 1 aliphatic heterocycles. The van der Waals surface area contributed by atoms with Crippen LogP contribution < -0.4 is 10.6 Å². The summed E-state index contributed by atoms with van der Waals surface area (Å²) in [7, 11) is 5.47. The first kappa shape index (κ1) is 20.2. The number of carbonyl (C=O) groups is 1. The fourth-order valence-electron chi connectivity index (χ4n) is 3.37. The number of likely N-dealkylation sites (N-methyl/N-ethyl adjacent to an activating group) is 1. The number of hydrogen-bond acceptors (Lipinski definition) is 3. The number of benzene rings is 1. The van der Waals surface area contributed by atoms with Gasteiger partial charge in [-0.25, -0.2) is 0 Å². The average Bonchev–Trinajstić information content (AvgIpc) is 3.10. The van der Waals surface area contributed by atoms with Crippen LogP contribution in [0.25, 0.3) is 0 Å². The van der Waals surface area contributed by atoms with E-state index in [0.29, 0.717) is 0 Å². The topological polar surface area (TPSA) is 60.0 Å². The highest BCUT2D eigenvalue weighted by molar-refractivity contribution is 5.81. The Balaban J connectivity index is 1.71. The van der Waals surface area contributed by atoms with Gasteiger partial charge in [-0.1, -0.05) is 24.3 Å². The van der Waals surface area contributed by atoms with E-state index < -0.39 is 0 Å². The predicted molar refractivity (Wildman–Crippen MR) is 107 cm³/mol. The molecular formula is C20H33N5O. The quantitative estimate of drug-likeness (QED) is 0.441. The predicted octanol–water partition coefficient (Wildman–Crippen LogP) is 1.60. The van der Waals surface area contributed by atoms with Crippen molar-refractivity contribution in [2.75, 3.05) is 40.8 Å². The highest BCUT2D eigenvalue weighted by Gasteiger charge is 2.30. The Kier molecular flexibility index (Phi) is 7.91. The number of nitrogens with one attached hydrogen (secondary N) is 2. The number of aliphatic imine (C=N–C) groups is 1. The molecule has 2 N–H and O–H groups in total. The molecule has 1 atom stereocenters. The Labute approximate surface area is 157 Å². The minimum Gasteiger partial charge on any atom is -0.356 e. The van der Waals surface area contributed by atoms with Gasteiger partial charge in [-0.2, -0.15) is 0 Å². The first-order valence-electron chi connectivity index (χ1n) is 9.47. The summed E-state index contributed by atoms with van der Waals surface area (Å²) in [5.74, 6) is 1.04. The number of guanidine groups is 1. The van der Waals surface area contributed by atoms with E-state index in [1.165, 1.54) is 11.1 Å². The highest BCUT2D eigenvalue weighted by atomic mass is 16.2. The number of carbonyl (C=O) groups excluding carboxylic acids is 1. The van der Waals surface area contributed by atoms with Gasteiger partial charge in [-0.15, -0.1) is 0 Å². The molecule has 26 heavy (non-hydrogen) atoms. The summed E-state index contributed by atoms with van der Waals surface area (Å²) in [6.45, 7) is 5.68. The lowest BCUT2D eigenvalue weighted by Crippen LogP contribution is -2.44. The molecule has 1 amide bonds. The summed E-state index contributed by atoms with van der Waals surface area (Å²) in [5, 5.41) is 6.73. The van der Waals surface area contributed by atoms with E-state index in [1.54, 1.807) is 11.9 Å². The normalized spacial score (nSPS) is 18.0. The Hall–Kier alpha value is -2.08. The molecule has 0 aromatic heterocycles. The number of hydrogen-bond donors (Lipinski definition) is 2. The lowest BCUT2D eigenvalue weighted by molar-refractivity contribution is -0.133. The van der Waals surface area contributed by atoms with Crippen molar-refractivity contribution < 1.29 is 4.79 Å². The third-order valence-corrected chi connectivity index (χ3v) is 4.94. The lowest BCUT2D eigenvalue weighted by atomic mass is 10.1. The maximum absolute atomic E-state index is 12.2. The Morgan fingerprint density at radius 1 is 1.31 bits per heavy atom. The monoisotopic (exact) mass is 359 g/mol. The van der Waals surface area contributed by atoms with Gasteiger partial charge >= 0.3 is 0 Å². The second kappa shape index (κ2) is 10.2. The van der Waals surface area contributed by atoms with Crippen LogP contribution in [-0.4, -0.2) is 68.5 Å². The fraction of sp³-hybridized carbons (Fsp3) is 0.600. The summed E-state index contributed by atoms with van der Waals surface area (Å²) >= 11 is 0. The van der Waals surface area contributed by atoms with Crippen LogP contribution in [0.15, 0.2) is 29.3 Å². The molecule has 0 bridgehead atoms. The molecule has 1 fully saturated rings. The molecule has 6 nitrogen and oxygen atoms in total. The van der Waals surface area contributed by atoms with Crippen molar-refractivity contribution in [2.45, 2.75) is 38.8 Å². The maximum Gasteiger partial charge on any atom is 0.239 e. The van der Waals surface area contributed by atoms with Gasteiger partial charge in [0, 0.05) is 40.8 Å². The molecule has 1 saturated heterocycles. The van der Waals surface area contributed by atoms with E-state index in [9.17, 15) is 4.79 Å². The molecule has 1 heterocycles. The van der Waals surface area contributed by atoms with E-state index in [1.807, 2.05) is 14.1 Å². The van der Waals surface area contributed by atoms with Crippen LogP contribution in [0.1, 0.15) is 30.4 Å². The molecule has 1 aliphatic rings. The van der Waals surface area contributed by atoms with Crippen LogP contribution in [0.2, 0.25) is 0 Å². The minimum atomic E-state index is 0.0588. The molecule has 6 heteroatoms. The van der Waals surface area contributed by atoms with Gasteiger partial charge in [0.1, 0.15) is 0 Å². The number of nitrogens with zero attached hydrogens (tertiary/aromatic N) is 3. The van der Waals surface area contributed by atoms with Crippen LogP contribution in [0.4, 0.5) is 0 Å². The highest BCUT2D eigenvalue weighted by Crippen LogP contribution is 2.18. The summed E-state index contributed by atoms with van der Waals surface area (Å²) < 4.78 is 0. The molecule has 1 aromatic carbocycles. The molecular weight excluding hydrogens is 326 g/mol. The summed E-state index contributed by atoms with van der Waals surface area (Å²) in [5.41, 5.74) is 2.55. The molecule has 0 spiro atoms. The molecule has 144 valence electrons. The van der Waals surface area contributed by atoms with Crippen LogP contribution in [0.5, 0.6) is 0 Å². The number of aryl methyl sites for hydroxylation is 1. The van der Waals surface area contributed by atoms with E-state index in [2.05, 4.69) is 51.7 Å². The third kappa shape index (κ3) is 5.73. The second-order valence-corrected chi connectivity index (χ2v) is 7.06. The number of likely N-dealkylation sites (tertiary alicyclic amines) is 1. The van der Waals surface area contributed by atoms with E-state index >= 15 is 0 Å². The summed E-state index contributed by atoms with van der Waals surface area (Å²) in [6, 6.07) is 8.42. The summed E-state index contributed by atoms with van der Waals surface area (Å²) in [6.07, 6.45) is 3.07. The van der Waals surface area contributed by atoms with Crippen molar-refractivity contribution in [1.29, 1.82) is 0 Å². The van der Waals surface area contributed by atoms with Crippen LogP contribution >= 0.6 is 0 Å². The standard InChI is InChI=1S/C20H33N5O/c1-16-9-5-6-10-17(16)15-23-20(21-2)22-12-8-14-25-13-7-11-18(25)19(26)24(3)4/h5-6,9-10,18H,7-8,11-15H2,1-4H3,(H2,21,22,23). The average molecular weight is 360 g/mol. The zero-order chi connectivity index (χ0) is 18.9. The fourth-order valence-corrected chi connectivity index (χ4v) is 3.37. The second-order valence-electron chi connectivity index (χ2n) is 7.06. The van der Waals surface area contributed by atoms with E-state index in [4.69, 9.17) is 0 Å². The maximum atomic E-state index is 12.2. The van der Waals surface area contributed by atoms with E-state index in [-0.39, 0.29) is 11.9 Å². The SMILES string of the molecule is CN=C(NCCCN1CCCC1C(=O)N(C)C)NCc1ccccc1C. The van der Waals surface area contributed by atoms with Crippen molar-refractivity contribution in [1.82, 2.24) is 20.4 Å². The molecule has 1 unspecified atom stereocenters. The third-order valence-electron chi connectivity index (χ3n) is 4.94. The van der Waals surface area contributed by atoms with Gasteiger partial charge in [0.15, 0.2) is 5.96 Å². The first-order chi connectivity index (χ1) is 12.5. The lowest BCUT2D eigenvalue weighted by Gasteiger charge is -2.26.